The first-order chi connectivity index (χ1) is 11.8. The largest absolute Gasteiger partial charge is 0.352 e. The first-order valence-corrected chi connectivity index (χ1v) is 9.25. The molecule has 0 bridgehead atoms. The molecule has 0 atom stereocenters. The molecule has 0 aliphatic carbocycles. The van der Waals surface area contributed by atoms with Gasteiger partial charge < -0.3 is 9.72 Å². The van der Waals surface area contributed by atoms with E-state index < -0.39 is 10.0 Å². The molecular weight excluding hydrogens is 364 g/mol. The molecule has 25 heavy (non-hydrogen) atoms. The molecule has 3 aromatic rings. The summed E-state index contributed by atoms with van der Waals surface area (Å²) in [6, 6.07) is 9.53. The van der Waals surface area contributed by atoms with Crippen LogP contribution in [0.25, 0.3) is 5.65 Å². The number of pyridine rings is 1. The third-order valence-electron chi connectivity index (χ3n) is 3.55. The molecule has 0 radical (unpaired) electrons. The normalized spacial score (nSPS) is 11.6. The van der Waals surface area contributed by atoms with Gasteiger partial charge in [0.1, 0.15) is 5.65 Å². The molecule has 1 aromatic carbocycles. The van der Waals surface area contributed by atoms with E-state index in [0.717, 1.165) is 5.56 Å². The smallest absolute Gasteiger partial charge is 0.238 e. The summed E-state index contributed by atoms with van der Waals surface area (Å²) in [6.45, 7) is 0.281. The fourth-order valence-corrected chi connectivity index (χ4v) is 3.01. The summed E-state index contributed by atoms with van der Waals surface area (Å²) in [7, 11) is -3.71. The number of carbonyl (C=O) groups excluding carboxylic acids is 1. The van der Waals surface area contributed by atoms with Gasteiger partial charge in [-0.2, -0.15) is 0 Å². The number of amides is 1. The van der Waals surface area contributed by atoms with E-state index in [2.05, 4.69) is 10.3 Å². The maximum absolute atomic E-state index is 12.1. The van der Waals surface area contributed by atoms with Crippen LogP contribution in [-0.2, 0) is 27.8 Å². The van der Waals surface area contributed by atoms with Crippen molar-refractivity contribution in [3.05, 3.63) is 65.1 Å². The molecule has 9 heteroatoms. The fraction of sp³-hybridized carbons (Fsp3) is 0.125. The first-order valence-electron chi connectivity index (χ1n) is 7.33. The Bertz CT molecular complexity index is 1030. The monoisotopic (exact) mass is 378 g/mol. The van der Waals surface area contributed by atoms with Crippen molar-refractivity contribution in [1.82, 2.24) is 14.7 Å². The average molecular weight is 379 g/mol. The highest BCUT2D eigenvalue weighted by molar-refractivity contribution is 7.89. The van der Waals surface area contributed by atoms with E-state index in [0.29, 0.717) is 16.4 Å². The molecule has 0 spiro atoms. The number of primary sulfonamides is 1. The lowest BCUT2D eigenvalue weighted by atomic mass is 10.2. The van der Waals surface area contributed by atoms with Crippen molar-refractivity contribution >= 4 is 33.2 Å². The lowest BCUT2D eigenvalue weighted by Crippen LogP contribution is -2.24. The molecule has 2 aromatic heterocycles. The predicted molar refractivity (Wildman–Crippen MR) is 93.6 cm³/mol. The number of hydrogen-bond donors (Lipinski definition) is 2. The second-order valence-electron chi connectivity index (χ2n) is 5.49. The van der Waals surface area contributed by atoms with E-state index in [1.165, 1.54) is 12.1 Å². The van der Waals surface area contributed by atoms with Gasteiger partial charge in [-0.1, -0.05) is 23.7 Å². The SMILES string of the molecule is NS(=O)(=O)c1ccc(CNC(=O)Cc2cn3cc(Cl)ccc3n2)cc1. The molecule has 3 N–H and O–H groups in total. The average Bonchev–Trinajstić information content (AvgIpc) is 2.93. The summed E-state index contributed by atoms with van der Waals surface area (Å²) in [4.78, 5) is 16.4. The van der Waals surface area contributed by atoms with Gasteiger partial charge in [-0.3, -0.25) is 4.79 Å². The van der Waals surface area contributed by atoms with Crippen LogP contribution < -0.4 is 10.5 Å². The van der Waals surface area contributed by atoms with Gasteiger partial charge >= 0.3 is 0 Å². The van der Waals surface area contributed by atoms with Gasteiger partial charge in [-0.05, 0) is 29.8 Å². The standard InChI is InChI=1S/C16H15ClN4O3S/c17-12-3-6-15-20-13(10-21(15)9-12)7-16(22)19-8-11-1-4-14(5-2-11)25(18,23)24/h1-6,9-10H,7-8H2,(H,19,22)(H2,18,23,24). The fourth-order valence-electron chi connectivity index (χ4n) is 2.33. The van der Waals surface area contributed by atoms with Crippen molar-refractivity contribution in [2.45, 2.75) is 17.9 Å². The van der Waals surface area contributed by atoms with E-state index in [9.17, 15) is 13.2 Å². The van der Waals surface area contributed by atoms with Gasteiger partial charge in [0.2, 0.25) is 15.9 Å². The number of imidazole rings is 1. The minimum atomic E-state index is -3.71. The second kappa shape index (κ2) is 6.83. The molecule has 7 nitrogen and oxygen atoms in total. The lowest BCUT2D eigenvalue weighted by Gasteiger charge is -2.05. The van der Waals surface area contributed by atoms with E-state index >= 15 is 0 Å². The summed E-state index contributed by atoms with van der Waals surface area (Å²) in [5.41, 5.74) is 2.11. The summed E-state index contributed by atoms with van der Waals surface area (Å²) in [6.07, 6.45) is 3.61. The maximum Gasteiger partial charge on any atom is 0.238 e. The molecule has 0 saturated carbocycles. The Labute approximate surface area is 149 Å². The molecule has 0 aliphatic heterocycles. The Hall–Kier alpha value is -2.42. The highest BCUT2D eigenvalue weighted by atomic mass is 35.5. The Balaban J connectivity index is 1.60. The van der Waals surface area contributed by atoms with Crippen LogP contribution in [0.2, 0.25) is 5.02 Å². The highest BCUT2D eigenvalue weighted by Crippen LogP contribution is 2.12. The van der Waals surface area contributed by atoms with E-state index in [-0.39, 0.29) is 23.8 Å². The van der Waals surface area contributed by atoms with Crippen LogP contribution >= 0.6 is 11.6 Å². The van der Waals surface area contributed by atoms with Gasteiger partial charge in [0, 0.05) is 18.9 Å². The molecule has 0 fully saturated rings. The summed E-state index contributed by atoms with van der Waals surface area (Å²) in [5.74, 6) is -0.190. The van der Waals surface area contributed by atoms with E-state index in [1.54, 1.807) is 41.1 Å². The molecule has 0 aliphatic rings. The van der Waals surface area contributed by atoms with Gasteiger partial charge in [0.15, 0.2) is 0 Å². The number of fused-ring (bicyclic) bond motifs is 1. The van der Waals surface area contributed by atoms with Crippen molar-refractivity contribution < 1.29 is 13.2 Å². The zero-order valence-electron chi connectivity index (χ0n) is 13.0. The lowest BCUT2D eigenvalue weighted by molar-refractivity contribution is -0.120. The van der Waals surface area contributed by atoms with Crippen LogP contribution in [0, 0.1) is 0 Å². The van der Waals surface area contributed by atoms with E-state index in [4.69, 9.17) is 16.7 Å². The third-order valence-corrected chi connectivity index (χ3v) is 4.70. The number of rotatable bonds is 5. The van der Waals surface area contributed by atoms with Crippen LogP contribution in [0.5, 0.6) is 0 Å². The summed E-state index contributed by atoms with van der Waals surface area (Å²) < 4.78 is 24.2. The Kier molecular flexibility index (Phi) is 4.76. The summed E-state index contributed by atoms with van der Waals surface area (Å²) in [5, 5.41) is 8.39. The topological polar surface area (TPSA) is 107 Å². The molecule has 0 unspecified atom stereocenters. The maximum atomic E-state index is 12.1. The molecule has 2 heterocycles. The first kappa shape index (κ1) is 17.4. The highest BCUT2D eigenvalue weighted by Gasteiger charge is 2.09. The third kappa shape index (κ3) is 4.36. The van der Waals surface area contributed by atoms with Gasteiger partial charge in [0.05, 0.1) is 22.0 Å². The molecule has 0 saturated heterocycles. The number of nitrogens with one attached hydrogen (secondary N) is 1. The number of aromatic nitrogens is 2. The number of halogens is 1. The zero-order chi connectivity index (χ0) is 18.0. The molecule has 130 valence electrons. The van der Waals surface area contributed by atoms with Crippen LogP contribution in [0.3, 0.4) is 0 Å². The Morgan fingerprint density at radius 3 is 2.56 bits per heavy atom. The van der Waals surface area contributed by atoms with Gasteiger partial charge in [-0.15, -0.1) is 0 Å². The van der Waals surface area contributed by atoms with Crippen molar-refractivity contribution in [2.75, 3.05) is 0 Å². The van der Waals surface area contributed by atoms with Crippen molar-refractivity contribution in [3.8, 4) is 0 Å². The van der Waals surface area contributed by atoms with E-state index in [1.807, 2.05) is 0 Å². The second-order valence-corrected chi connectivity index (χ2v) is 7.49. The number of carbonyl (C=O) groups is 1. The number of sulfonamides is 1. The van der Waals surface area contributed by atoms with Crippen LogP contribution in [0.15, 0.2) is 53.7 Å². The van der Waals surface area contributed by atoms with Crippen LogP contribution in [-0.4, -0.2) is 23.7 Å². The van der Waals surface area contributed by atoms with Crippen LogP contribution in [0.4, 0.5) is 0 Å². The van der Waals surface area contributed by atoms with Gasteiger partial charge in [0.25, 0.3) is 0 Å². The minimum Gasteiger partial charge on any atom is -0.352 e. The van der Waals surface area contributed by atoms with Crippen molar-refractivity contribution in [3.63, 3.8) is 0 Å². The summed E-state index contributed by atoms with van der Waals surface area (Å²) >= 11 is 5.92. The van der Waals surface area contributed by atoms with Crippen LogP contribution in [0.1, 0.15) is 11.3 Å². The molecule has 1 amide bonds. The Morgan fingerprint density at radius 1 is 1.16 bits per heavy atom. The number of nitrogens with zero attached hydrogens (tertiary/aromatic N) is 2. The molecule has 3 rings (SSSR count). The zero-order valence-corrected chi connectivity index (χ0v) is 14.6. The minimum absolute atomic E-state index is 0.0333. The predicted octanol–water partition coefficient (Wildman–Crippen LogP) is 1.49. The number of hydrogen-bond acceptors (Lipinski definition) is 4. The Morgan fingerprint density at radius 2 is 1.88 bits per heavy atom. The van der Waals surface area contributed by atoms with Crippen molar-refractivity contribution in [2.24, 2.45) is 5.14 Å². The quantitative estimate of drug-likeness (QED) is 0.701. The number of nitrogens with two attached hydrogens (primary N) is 1. The number of benzene rings is 1. The van der Waals surface area contributed by atoms with Gasteiger partial charge in [-0.25, -0.2) is 18.5 Å². The van der Waals surface area contributed by atoms with Crippen molar-refractivity contribution in [1.29, 1.82) is 0 Å². The molecular formula is C16H15ClN4O3S.